The van der Waals surface area contributed by atoms with Gasteiger partial charge in [-0.2, -0.15) is 5.10 Å². The molecule has 0 radical (unpaired) electrons. The average Bonchev–Trinajstić information content (AvgIpc) is 2.92. The third-order valence-electron chi connectivity index (χ3n) is 4.63. The number of carbonyl (C=O) groups is 1. The summed E-state index contributed by atoms with van der Waals surface area (Å²) >= 11 is 0. The van der Waals surface area contributed by atoms with Crippen LogP contribution in [0, 0.1) is 5.92 Å². The average molecular weight is 306 g/mol. The molecule has 1 aromatic rings. The van der Waals surface area contributed by atoms with E-state index >= 15 is 0 Å². The lowest BCUT2D eigenvalue weighted by Gasteiger charge is -2.36. The summed E-state index contributed by atoms with van der Waals surface area (Å²) < 4.78 is 1.83. The molecular formula is C17H30N4O. The summed E-state index contributed by atoms with van der Waals surface area (Å²) in [6.45, 7) is 7.30. The zero-order chi connectivity index (χ0) is 16.1. The molecule has 0 saturated carbocycles. The number of likely N-dealkylation sites (tertiary alicyclic amines) is 1. The lowest BCUT2D eigenvalue weighted by Crippen LogP contribution is -2.46. The number of amides is 1. The smallest absolute Gasteiger partial charge is 0.226 e. The van der Waals surface area contributed by atoms with Crippen LogP contribution >= 0.6 is 0 Å². The fraction of sp³-hybridized carbons (Fsp3) is 0.765. The van der Waals surface area contributed by atoms with Crippen molar-refractivity contribution in [3.63, 3.8) is 0 Å². The quantitative estimate of drug-likeness (QED) is 0.806. The maximum atomic E-state index is 12.6. The molecule has 0 aliphatic carbocycles. The van der Waals surface area contributed by atoms with Gasteiger partial charge < -0.3 is 9.80 Å². The minimum atomic E-state index is 0.180. The minimum Gasteiger partial charge on any atom is -0.345 e. The third-order valence-corrected chi connectivity index (χ3v) is 4.63. The molecule has 1 aliphatic rings. The van der Waals surface area contributed by atoms with Gasteiger partial charge in [-0.15, -0.1) is 0 Å². The molecule has 0 spiro atoms. The number of piperidine rings is 1. The Morgan fingerprint density at radius 3 is 2.91 bits per heavy atom. The van der Waals surface area contributed by atoms with Gasteiger partial charge in [-0.1, -0.05) is 0 Å². The van der Waals surface area contributed by atoms with Crippen LogP contribution in [0.15, 0.2) is 12.4 Å². The molecule has 1 saturated heterocycles. The largest absolute Gasteiger partial charge is 0.345 e. The second-order valence-electron chi connectivity index (χ2n) is 6.81. The molecule has 22 heavy (non-hydrogen) atoms. The molecule has 2 rings (SSSR count). The van der Waals surface area contributed by atoms with Crippen LogP contribution in [0.3, 0.4) is 0 Å². The van der Waals surface area contributed by atoms with E-state index in [4.69, 9.17) is 0 Å². The van der Waals surface area contributed by atoms with Crippen molar-refractivity contribution in [2.24, 2.45) is 13.0 Å². The van der Waals surface area contributed by atoms with Crippen molar-refractivity contribution in [3.8, 4) is 0 Å². The molecule has 0 N–H and O–H groups in total. The molecule has 1 atom stereocenters. The first-order valence-corrected chi connectivity index (χ1v) is 8.44. The summed E-state index contributed by atoms with van der Waals surface area (Å²) in [5.74, 6) is 0.496. The first-order valence-electron chi connectivity index (χ1n) is 8.44. The molecule has 1 fully saturated rings. The highest BCUT2D eigenvalue weighted by Gasteiger charge is 2.28. The Morgan fingerprint density at radius 1 is 1.50 bits per heavy atom. The van der Waals surface area contributed by atoms with Gasteiger partial charge in [0.1, 0.15) is 0 Å². The molecule has 2 heterocycles. The summed E-state index contributed by atoms with van der Waals surface area (Å²) in [5, 5.41) is 4.18. The topological polar surface area (TPSA) is 41.4 Å². The van der Waals surface area contributed by atoms with E-state index in [1.165, 1.54) is 5.56 Å². The van der Waals surface area contributed by atoms with Crippen LogP contribution in [0.1, 0.15) is 38.7 Å². The number of aromatic nitrogens is 2. The van der Waals surface area contributed by atoms with Gasteiger partial charge in [0, 0.05) is 39.4 Å². The SMILES string of the molecule is CC(C)N1CCC[C@H](C(=O)N(C)CCCc2cnn(C)c2)C1. The van der Waals surface area contributed by atoms with Crippen LogP contribution in [0.5, 0.6) is 0 Å². The van der Waals surface area contributed by atoms with Crippen LogP contribution in [0.25, 0.3) is 0 Å². The molecule has 1 aliphatic heterocycles. The van der Waals surface area contributed by atoms with Gasteiger partial charge in [0.15, 0.2) is 0 Å². The highest BCUT2D eigenvalue weighted by molar-refractivity contribution is 5.78. The van der Waals surface area contributed by atoms with Crippen LogP contribution in [0.4, 0.5) is 0 Å². The van der Waals surface area contributed by atoms with Crippen molar-refractivity contribution in [3.05, 3.63) is 18.0 Å². The Hall–Kier alpha value is -1.36. The normalized spacial score (nSPS) is 19.6. The molecular weight excluding hydrogens is 276 g/mol. The van der Waals surface area contributed by atoms with Gasteiger partial charge in [-0.3, -0.25) is 9.48 Å². The van der Waals surface area contributed by atoms with E-state index in [2.05, 4.69) is 23.8 Å². The van der Waals surface area contributed by atoms with Crippen molar-refractivity contribution in [2.45, 2.75) is 45.6 Å². The zero-order valence-corrected chi connectivity index (χ0v) is 14.5. The summed E-state index contributed by atoms with van der Waals surface area (Å²) in [4.78, 5) is 16.9. The van der Waals surface area contributed by atoms with Gasteiger partial charge in [0.25, 0.3) is 0 Å². The summed E-state index contributed by atoms with van der Waals surface area (Å²) in [6.07, 6.45) is 8.10. The maximum absolute atomic E-state index is 12.6. The van der Waals surface area contributed by atoms with E-state index in [1.807, 2.05) is 36.1 Å². The lowest BCUT2D eigenvalue weighted by molar-refractivity contribution is -0.136. The van der Waals surface area contributed by atoms with Crippen LogP contribution in [0.2, 0.25) is 0 Å². The van der Waals surface area contributed by atoms with E-state index in [1.54, 1.807) is 0 Å². The number of nitrogens with zero attached hydrogens (tertiary/aromatic N) is 4. The van der Waals surface area contributed by atoms with Crippen molar-refractivity contribution in [2.75, 3.05) is 26.7 Å². The fourth-order valence-corrected chi connectivity index (χ4v) is 3.22. The number of aryl methyl sites for hydroxylation is 2. The number of hydrogen-bond donors (Lipinski definition) is 0. The second-order valence-corrected chi connectivity index (χ2v) is 6.81. The minimum absolute atomic E-state index is 0.180. The van der Waals surface area contributed by atoms with Crippen molar-refractivity contribution in [1.82, 2.24) is 19.6 Å². The van der Waals surface area contributed by atoms with Gasteiger partial charge in [0.05, 0.1) is 12.1 Å². The Morgan fingerprint density at radius 2 is 2.27 bits per heavy atom. The Labute approximate surface area is 134 Å². The zero-order valence-electron chi connectivity index (χ0n) is 14.5. The van der Waals surface area contributed by atoms with Crippen LogP contribution in [-0.2, 0) is 18.3 Å². The standard InChI is InChI=1S/C17H30N4O/c1-14(2)21-10-6-8-16(13-21)17(22)19(3)9-5-7-15-11-18-20(4)12-15/h11-12,14,16H,5-10,13H2,1-4H3/t16-/m0/s1. The molecule has 5 heteroatoms. The second kappa shape index (κ2) is 7.77. The molecule has 1 amide bonds. The molecule has 0 aromatic carbocycles. The highest BCUT2D eigenvalue weighted by Crippen LogP contribution is 2.20. The van der Waals surface area contributed by atoms with Crippen LogP contribution < -0.4 is 0 Å². The first kappa shape index (κ1) is 17.0. The van der Waals surface area contributed by atoms with Gasteiger partial charge in [-0.05, 0) is 51.6 Å². The predicted molar refractivity (Wildman–Crippen MR) is 88.6 cm³/mol. The van der Waals surface area contributed by atoms with E-state index in [9.17, 15) is 4.79 Å². The van der Waals surface area contributed by atoms with Crippen molar-refractivity contribution in [1.29, 1.82) is 0 Å². The Kier molecular flexibility index (Phi) is 6.00. The summed E-state index contributed by atoms with van der Waals surface area (Å²) in [7, 11) is 3.88. The number of rotatable bonds is 6. The Bertz CT molecular complexity index is 483. The molecule has 1 aromatic heterocycles. The maximum Gasteiger partial charge on any atom is 0.226 e. The van der Waals surface area contributed by atoms with E-state index in [0.717, 1.165) is 45.3 Å². The predicted octanol–water partition coefficient (Wildman–Crippen LogP) is 1.93. The third kappa shape index (κ3) is 4.57. The Balaban J connectivity index is 1.76. The summed E-state index contributed by atoms with van der Waals surface area (Å²) in [5.41, 5.74) is 1.24. The molecule has 124 valence electrons. The molecule has 0 bridgehead atoms. The monoisotopic (exact) mass is 306 g/mol. The molecule has 5 nitrogen and oxygen atoms in total. The van der Waals surface area contributed by atoms with Gasteiger partial charge in [0.2, 0.25) is 5.91 Å². The van der Waals surface area contributed by atoms with Crippen LogP contribution in [-0.4, -0.2) is 58.2 Å². The van der Waals surface area contributed by atoms with Gasteiger partial charge >= 0.3 is 0 Å². The van der Waals surface area contributed by atoms with Crippen molar-refractivity contribution < 1.29 is 4.79 Å². The van der Waals surface area contributed by atoms with Gasteiger partial charge in [-0.25, -0.2) is 0 Å². The van der Waals surface area contributed by atoms with E-state index in [0.29, 0.717) is 11.9 Å². The number of carbonyl (C=O) groups excluding carboxylic acids is 1. The van der Waals surface area contributed by atoms with Crippen molar-refractivity contribution >= 4 is 5.91 Å². The van der Waals surface area contributed by atoms with E-state index < -0.39 is 0 Å². The molecule has 0 unspecified atom stereocenters. The number of hydrogen-bond acceptors (Lipinski definition) is 3. The first-order chi connectivity index (χ1) is 10.5. The highest BCUT2D eigenvalue weighted by atomic mass is 16.2. The fourth-order valence-electron chi connectivity index (χ4n) is 3.22. The summed E-state index contributed by atoms with van der Waals surface area (Å²) in [6, 6.07) is 0.534. The lowest BCUT2D eigenvalue weighted by atomic mass is 9.95. The van der Waals surface area contributed by atoms with E-state index in [-0.39, 0.29) is 5.92 Å².